The summed E-state index contributed by atoms with van der Waals surface area (Å²) >= 11 is 7.56. The first-order valence-electron chi connectivity index (χ1n) is 5.41. The minimum Gasteiger partial charge on any atom is -0.397 e. The van der Waals surface area contributed by atoms with Gasteiger partial charge in [0.25, 0.3) is 0 Å². The zero-order valence-corrected chi connectivity index (χ0v) is 11.4. The normalized spacial score (nSPS) is 10.3. The molecule has 0 spiro atoms. The number of rotatable bonds is 3. The highest BCUT2D eigenvalue weighted by Crippen LogP contribution is 2.37. The first kappa shape index (κ1) is 13.0. The zero-order chi connectivity index (χ0) is 13.1. The van der Waals surface area contributed by atoms with Crippen LogP contribution in [0.3, 0.4) is 0 Å². The number of nitrogen functional groups attached to an aromatic ring is 1. The van der Waals surface area contributed by atoms with Gasteiger partial charge in [-0.15, -0.1) is 0 Å². The van der Waals surface area contributed by atoms with Crippen LogP contribution in [0, 0.1) is 0 Å². The van der Waals surface area contributed by atoms with Crippen LogP contribution in [0.2, 0.25) is 5.02 Å². The second-order valence-electron chi connectivity index (χ2n) is 3.81. The molecule has 0 unspecified atom stereocenters. The number of hydrogen-bond acceptors (Lipinski definition) is 3. The van der Waals surface area contributed by atoms with Crippen LogP contribution in [-0.2, 0) is 0 Å². The van der Waals surface area contributed by atoms with Crippen LogP contribution in [0.1, 0.15) is 17.3 Å². The predicted octanol–water partition coefficient (Wildman–Crippen LogP) is 4.28. The lowest BCUT2D eigenvalue weighted by Crippen LogP contribution is -2.00. The molecule has 0 aromatic heterocycles. The van der Waals surface area contributed by atoms with Gasteiger partial charge in [-0.2, -0.15) is 0 Å². The Hall–Kier alpha value is -1.45. The molecule has 2 rings (SSSR count). The van der Waals surface area contributed by atoms with E-state index in [1.54, 1.807) is 6.07 Å². The summed E-state index contributed by atoms with van der Waals surface area (Å²) in [5.41, 5.74) is 7.05. The van der Waals surface area contributed by atoms with Crippen molar-refractivity contribution < 1.29 is 4.79 Å². The Morgan fingerprint density at radius 1 is 1.11 bits per heavy atom. The standard InChI is InChI=1S/C14H12ClNOS/c1-9(17)10-5-4-8-13(14(10)16)18-12-7-3-2-6-11(12)15/h2-8H,16H2,1H3. The smallest absolute Gasteiger partial charge is 0.161 e. The van der Waals surface area contributed by atoms with Gasteiger partial charge in [0.2, 0.25) is 0 Å². The molecular weight excluding hydrogens is 266 g/mol. The molecule has 2 N–H and O–H groups in total. The molecule has 0 saturated heterocycles. The van der Waals surface area contributed by atoms with Crippen molar-refractivity contribution in [2.24, 2.45) is 0 Å². The van der Waals surface area contributed by atoms with Crippen molar-refractivity contribution in [2.45, 2.75) is 16.7 Å². The minimum atomic E-state index is -0.0332. The van der Waals surface area contributed by atoms with Crippen molar-refractivity contribution in [3.63, 3.8) is 0 Å². The van der Waals surface area contributed by atoms with Gasteiger partial charge >= 0.3 is 0 Å². The van der Waals surface area contributed by atoms with Gasteiger partial charge in [0.1, 0.15) is 0 Å². The van der Waals surface area contributed by atoms with Crippen LogP contribution in [0.25, 0.3) is 0 Å². The summed E-state index contributed by atoms with van der Waals surface area (Å²) in [5, 5.41) is 0.676. The fraction of sp³-hybridized carbons (Fsp3) is 0.0714. The molecule has 0 amide bonds. The van der Waals surface area contributed by atoms with Crippen LogP contribution in [0.4, 0.5) is 5.69 Å². The fourth-order valence-electron chi connectivity index (χ4n) is 1.59. The molecule has 2 nitrogen and oxygen atoms in total. The number of benzene rings is 2. The summed E-state index contributed by atoms with van der Waals surface area (Å²) in [4.78, 5) is 13.2. The lowest BCUT2D eigenvalue weighted by molar-refractivity contribution is 0.101. The highest BCUT2D eigenvalue weighted by Gasteiger charge is 2.10. The molecule has 18 heavy (non-hydrogen) atoms. The van der Waals surface area contributed by atoms with Gasteiger partial charge in [-0.3, -0.25) is 4.79 Å². The van der Waals surface area contributed by atoms with E-state index in [1.165, 1.54) is 18.7 Å². The van der Waals surface area contributed by atoms with Gasteiger partial charge in [0.15, 0.2) is 5.78 Å². The van der Waals surface area contributed by atoms with Crippen molar-refractivity contribution in [3.8, 4) is 0 Å². The maximum atomic E-state index is 11.4. The second kappa shape index (κ2) is 5.46. The Morgan fingerprint density at radius 2 is 1.78 bits per heavy atom. The molecule has 0 aliphatic carbocycles. The molecular formula is C14H12ClNOS. The van der Waals surface area contributed by atoms with Crippen molar-refractivity contribution in [2.75, 3.05) is 5.73 Å². The van der Waals surface area contributed by atoms with Crippen molar-refractivity contribution in [3.05, 3.63) is 53.1 Å². The fourth-order valence-corrected chi connectivity index (χ4v) is 2.75. The van der Waals surface area contributed by atoms with E-state index in [2.05, 4.69) is 0 Å². The summed E-state index contributed by atoms with van der Waals surface area (Å²) in [6.45, 7) is 1.51. The molecule has 4 heteroatoms. The zero-order valence-electron chi connectivity index (χ0n) is 9.81. The molecule has 0 fully saturated rings. The third kappa shape index (κ3) is 2.68. The van der Waals surface area contributed by atoms with Gasteiger partial charge in [0.05, 0.1) is 10.7 Å². The van der Waals surface area contributed by atoms with Gasteiger partial charge in [0, 0.05) is 15.4 Å². The van der Waals surface area contributed by atoms with Crippen LogP contribution in [0.15, 0.2) is 52.3 Å². The maximum Gasteiger partial charge on any atom is 0.161 e. The maximum absolute atomic E-state index is 11.4. The van der Waals surface area contributed by atoms with Crippen molar-refractivity contribution >= 4 is 34.8 Å². The molecule has 0 aliphatic heterocycles. The Labute approximate surface area is 115 Å². The summed E-state index contributed by atoms with van der Waals surface area (Å²) in [6, 6.07) is 13.0. The minimum absolute atomic E-state index is 0.0332. The molecule has 0 atom stereocenters. The molecule has 0 radical (unpaired) electrons. The molecule has 0 heterocycles. The molecule has 0 saturated carbocycles. The number of hydrogen-bond donors (Lipinski definition) is 1. The number of halogens is 1. The van der Waals surface area contributed by atoms with Crippen LogP contribution in [-0.4, -0.2) is 5.78 Å². The molecule has 92 valence electrons. The Morgan fingerprint density at radius 3 is 2.44 bits per heavy atom. The highest BCUT2D eigenvalue weighted by atomic mass is 35.5. The summed E-state index contributed by atoms with van der Waals surface area (Å²) in [5.74, 6) is -0.0332. The van der Waals surface area contributed by atoms with Crippen LogP contribution in [0.5, 0.6) is 0 Å². The van der Waals surface area contributed by atoms with E-state index in [4.69, 9.17) is 17.3 Å². The quantitative estimate of drug-likeness (QED) is 0.673. The summed E-state index contributed by atoms with van der Waals surface area (Å²) < 4.78 is 0. The van der Waals surface area contributed by atoms with E-state index in [0.29, 0.717) is 16.3 Å². The Bertz CT molecular complexity index is 598. The van der Waals surface area contributed by atoms with Crippen molar-refractivity contribution in [1.29, 1.82) is 0 Å². The van der Waals surface area contributed by atoms with E-state index in [-0.39, 0.29) is 5.78 Å². The number of carbonyl (C=O) groups is 1. The second-order valence-corrected chi connectivity index (χ2v) is 5.30. The van der Waals surface area contributed by atoms with Crippen molar-refractivity contribution in [1.82, 2.24) is 0 Å². The first-order valence-corrected chi connectivity index (χ1v) is 6.61. The average Bonchev–Trinajstić information content (AvgIpc) is 2.34. The summed E-state index contributed by atoms with van der Waals surface area (Å²) in [7, 11) is 0. The van der Waals surface area contributed by atoms with E-state index in [9.17, 15) is 4.79 Å². The summed E-state index contributed by atoms with van der Waals surface area (Å²) in [6.07, 6.45) is 0. The number of nitrogens with two attached hydrogens (primary N) is 1. The third-order valence-electron chi connectivity index (χ3n) is 2.50. The number of Topliss-reactive ketones (excluding diaryl/α,β-unsaturated/α-hetero) is 1. The first-order chi connectivity index (χ1) is 8.59. The van der Waals surface area contributed by atoms with E-state index in [0.717, 1.165) is 9.79 Å². The number of carbonyl (C=O) groups excluding carboxylic acids is 1. The van der Waals surface area contributed by atoms with Crippen LogP contribution >= 0.6 is 23.4 Å². The van der Waals surface area contributed by atoms with E-state index in [1.807, 2.05) is 36.4 Å². The average molecular weight is 278 g/mol. The Balaban J connectivity index is 2.39. The molecule has 2 aromatic rings. The van der Waals surface area contributed by atoms with Gasteiger partial charge < -0.3 is 5.73 Å². The van der Waals surface area contributed by atoms with Crippen LogP contribution < -0.4 is 5.73 Å². The topological polar surface area (TPSA) is 43.1 Å². The third-order valence-corrected chi connectivity index (χ3v) is 4.10. The lowest BCUT2D eigenvalue weighted by Gasteiger charge is -2.09. The Kier molecular flexibility index (Phi) is 3.94. The highest BCUT2D eigenvalue weighted by molar-refractivity contribution is 7.99. The number of ketones is 1. The van der Waals surface area contributed by atoms with E-state index >= 15 is 0 Å². The molecule has 0 bridgehead atoms. The van der Waals surface area contributed by atoms with Gasteiger partial charge in [-0.1, -0.05) is 41.6 Å². The predicted molar refractivity (Wildman–Crippen MR) is 76.4 cm³/mol. The van der Waals surface area contributed by atoms with E-state index < -0.39 is 0 Å². The SMILES string of the molecule is CC(=O)c1cccc(Sc2ccccc2Cl)c1N. The lowest BCUT2D eigenvalue weighted by atomic mass is 10.1. The molecule has 2 aromatic carbocycles. The largest absolute Gasteiger partial charge is 0.397 e. The monoisotopic (exact) mass is 277 g/mol. The van der Waals surface area contributed by atoms with Gasteiger partial charge in [-0.05, 0) is 31.2 Å². The molecule has 0 aliphatic rings. The number of anilines is 1. The number of para-hydroxylation sites is 1. The van der Waals surface area contributed by atoms with Gasteiger partial charge in [-0.25, -0.2) is 0 Å².